The largest absolute Gasteiger partial charge is 0.352 e. The molecule has 1 saturated heterocycles. The number of piperidine rings is 1. The smallest absolute Gasteiger partial charge is 0.251 e. The molecule has 1 aromatic rings. The number of nitrogens with one attached hydrogen (secondary N) is 1. The van der Waals surface area contributed by atoms with Crippen molar-refractivity contribution in [2.75, 3.05) is 19.6 Å². The third kappa shape index (κ3) is 4.53. The van der Waals surface area contributed by atoms with Crippen molar-refractivity contribution in [2.24, 2.45) is 0 Å². The Morgan fingerprint density at radius 1 is 1.43 bits per heavy atom. The van der Waals surface area contributed by atoms with E-state index in [1.807, 2.05) is 0 Å². The van der Waals surface area contributed by atoms with E-state index in [4.69, 9.17) is 0 Å². The number of nitrogens with zero attached hydrogens (tertiary/aromatic N) is 1. The number of hydrogen-bond acceptors (Lipinski definition) is 2. The third-order valence-corrected chi connectivity index (χ3v) is 4.28. The van der Waals surface area contributed by atoms with Gasteiger partial charge in [-0.2, -0.15) is 0 Å². The first-order chi connectivity index (χ1) is 10.1. The van der Waals surface area contributed by atoms with Gasteiger partial charge in [-0.15, -0.1) is 0 Å². The molecule has 4 heteroatoms. The molecule has 0 bridgehead atoms. The van der Waals surface area contributed by atoms with Gasteiger partial charge in [0.25, 0.3) is 5.91 Å². The standard InChI is InChI=1S/C17H25FN2O/c1-13-7-8-15(12-16(13)18)17(21)19-9-5-11-20-10-4-3-6-14(20)2/h7-8,12,14H,3-6,9-11H2,1-2H3,(H,19,21). The van der Waals surface area contributed by atoms with Crippen LogP contribution in [0.4, 0.5) is 4.39 Å². The summed E-state index contributed by atoms with van der Waals surface area (Å²) in [7, 11) is 0. The summed E-state index contributed by atoms with van der Waals surface area (Å²) >= 11 is 0. The van der Waals surface area contributed by atoms with E-state index in [2.05, 4.69) is 17.1 Å². The molecule has 0 spiro atoms. The van der Waals surface area contributed by atoms with Crippen LogP contribution in [0.15, 0.2) is 18.2 Å². The van der Waals surface area contributed by atoms with Gasteiger partial charge in [-0.1, -0.05) is 12.5 Å². The molecule has 0 radical (unpaired) electrons. The molecular formula is C17H25FN2O. The molecule has 21 heavy (non-hydrogen) atoms. The van der Waals surface area contributed by atoms with Crippen molar-refractivity contribution < 1.29 is 9.18 Å². The fourth-order valence-electron chi connectivity index (χ4n) is 2.81. The molecule has 2 rings (SSSR count). The van der Waals surface area contributed by atoms with E-state index in [-0.39, 0.29) is 11.7 Å². The summed E-state index contributed by atoms with van der Waals surface area (Å²) in [5.41, 5.74) is 0.954. The predicted molar refractivity (Wildman–Crippen MR) is 83.0 cm³/mol. The molecule has 1 aliphatic heterocycles. The average molecular weight is 292 g/mol. The van der Waals surface area contributed by atoms with Gasteiger partial charge < -0.3 is 10.2 Å². The van der Waals surface area contributed by atoms with Crippen LogP contribution in [-0.2, 0) is 0 Å². The first kappa shape index (κ1) is 16.0. The molecule has 0 saturated carbocycles. The Morgan fingerprint density at radius 3 is 2.95 bits per heavy atom. The van der Waals surface area contributed by atoms with E-state index < -0.39 is 0 Å². The topological polar surface area (TPSA) is 32.3 Å². The molecule has 0 aromatic heterocycles. The predicted octanol–water partition coefficient (Wildman–Crippen LogP) is 3.13. The van der Waals surface area contributed by atoms with Crippen LogP contribution in [0.3, 0.4) is 0 Å². The number of rotatable bonds is 5. The summed E-state index contributed by atoms with van der Waals surface area (Å²) in [4.78, 5) is 14.4. The average Bonchev–Trinajstić information content (AvgIpc) is 2.48. The lowest BCUT2D eigenvalue weighted by Gasteiger charge is -2.33. The molecule has 116 valence electrons. The number of benzene rings is 1. The second-order valence-corrected chi connectivity index (χ2v) is 5.95. The van der Waals surface area contributed by atoms with E-state index in [0.29, 0.717) is 23.7 Å². The zero-order valence-electron chi connectivity index (χ0n) is 13.0. The Kier molecular flexibility index (Phi) is 5.74. The lowest BCUT2D eigenvalue weighted by Crippen LogP contribution is -2.39. The summed E-state index contributed by atoms with van der Waals surface area (Å²) < 4.78 is 13.4. The normalized spacial score (nSPS) is 19.5. The Balaban J connectivity index is 1.72. The fourth-order valence-corrected chi connectivity index (χ4v) is 2.81. The van der Waals surface area contributed by atoms with Crippen molar-refractivity contribution in [1.29, 1.82) is 0 Å². The van der Waals surface area contributed by atoms with Gasteiger partial charge in [0, 0.05) is 24.7 Å². The Bertz CT molecular complexity index is 490. The molecule has 1 heterocycles. The number of likely N-dealkylation sites (tertiary alicyclic amines) is 1. The molecule has 1 unspecified atom stereocenters. The second kappa shape index (κ2) is 7.55. The van der Waals surface area contributed by atoms with Gasteiger partial charge >= 0.3 is 0 Å². The SMILES string of the molecule is Cc1ccc(C(=O)NCCCN2CCCCC2C)cc1F. The van der Waals surface area contributed by atoms with Crippen molar-refractivity contribution in [2.45, 2.75) is 45.6 Å². The van der Waals surface area contributed by atoms with E-state index in [9.17, 15) is 9.18 Å². The van der Waals surface area contributed by atoms with Gasteiger partial charge in [-0.25, -0.2) is 4.39 Å². The minimum Gasteiger partial charge on any atom is -0.352 e. The van der Waals surface area contributed by atoms with Gasteiger partial charge in [-0.05, 0) is 57.4 Å². The van der Waals surface area contributed by atoms with Gasteiger partial charge in [-0.3, -0.25) is 4.79 Å². The highest BCUT2D eigenvalue weighted by molar-refractivity contribution is 5.94. The van der Waals surface area contributed by atoms with E-state index in [0.717, 1.165) is 19.5 Å². The summed E-state index contributed by atoms with van der Waals surface area (Å²) in [6.45, 7) is 6.78. The maximum absolute atomic E-state index is 13.4. The molecule has 3 nitrogen and oxygen atoms in total. The van der Waals surface area contributed by atoms with Crippen molar-refractivity contribution >= 4 is 5.91 Å². The number of carbonyl (C=O) groups excluding carboxylic acids is 1. The highest BCUT2D eigenvalue weighted by atomic mass is 19.1. The third-order valence-electron chi connectivity index (χ3n) is 4.28. The van der Waals surface area contributed by atoms with Crippen LogP contribution in [0.1, 0.15) is 48.5 Å². The summed E-state index contributed by atoms with van der Waals surface area (Å²) in [6, 6.07) is 5.26. The van der Waals surface area contributed by atoms with Crippen molar-refractivity contribution in [1.82, 2.24) is 10.2 Å². The van der Waals surface area contributed by atoms with Crippen LogP contribution in [-0.4, -0.2) is 36.5 Å². The quantitative estimate of drug-likeness (QED) is 0.846. The van der Waals surface area contributed by atoms with E-state index in [1.165, 1.54) is 25.3 Å². The second-order valence-electron chi connectivity index (χ2n) is 5.95. The highest BCUT2D eigenvalue weighted by Gasteiger charge is 2.17. The monoisotopic (exact) mass is 292 g/mol. The molecule has 1 aromatic carbocycles. The number of amides is 1. The lowest BCUT2D eigenvalue weighted by molar-refractivity contribution is 0.0948. The van der Waals surface area contributed by atoms with Gasteiger partial charge in [0.15, 0.2) is 0 Å². The maximum atomic E-state index is 13.4. The molecule has 1 N–H and O–H groups in total. The summed E-state index contributed by atoms with van der Waals surface area (Å²) in [5, 5.41) is 2.87. The number of aryl methyl sites for hydroxylation is 1. The molecule has 1 fully saturated rings. The maximum Gasteiger partial charge on any atom is 0.251 e. The van der Waals surface area contributed by atoms with Crippen LogP contribution in [0.5, 0.6) is 0 Å². The highest BCUT2D eigenvalue weighted by Crippen LogP contribution is 2.16. The number of carbonyl (C=O) groups is 1. The molecule has 1 atom stereocenters. The number of halogens is 1. The van der Waals surface area contributed by atoms with Gasteiger partial charge in [0.1, 0.15) is 5.82 Å². The zero-order chi connectivity index (χ0) is 15.2. The first-order valence-corrected chi connectivity index (χ1v) is 7.86. The Labute approximate surface area is 126 Å². The van der Waals surface area contributed by atoms with Crippen LogP contribution in [0.2, 0.25) is 0 Å². The minimum absolute atomic E-state index is 0.194. The van der Waals surface area contributed by atoms with Crippen LogP contribution >= 0.6 is 0 Å². The summed E-state index contributed by atoms with van der Waals surface area (Å²) in [6.07, 6.45) is 4.81. The molecule has 0 aliphatic carbocycles. The van der Waals surface area contributed by atoms with Crippen LogP contribution < -0.4 is 5.32 Å². The molecule has 1 amide bonds. The van der Waals surface area contributed by atoms with Crippen LogP contribution in [0.25, 0.3) is 0 Å². The minimum atomic E-state index is -0.329. The lowest BCUT2D eigenvalue weighted by atomic mass is 10.0. The Morgan fingerprint density at radius 2 is 2.24 bits per heavy atom. The van der Waals surface area contributed by atoms with E-state index in [1.54, 1.807) is 19.1 Å². The fraction of sp³-hybridized carbons (Fsp3) is 0.588. The van der Waals surface area contributed by atoms with E-state index >= 15 is 0 Å². The van der Waals surface area contributed by atoms with Crippen molar-refractivity contribution in [3.63, 3.8) is 0 Å². The Hall–Kier alpha value is -1.42. The number of hydrogen-bond donors (Lipinski definition) is 1. The van der Waals surface area contributed by atoms with Crippen molar-refractivity contribution in [3.05, 3.63) is 35.1 Å². The molecular weight excluding hydrogens is 267 g/mol. The van der Waals surface area contributed by atoms with Crippen LogP contribution in [0, 0.1) is 12.7 Å². The summed E-state index contributed by atoms with van der Waals surface area (Å²) in [5.74, 6) is -0.523. The first-order valence-electron chi connectivity index (χ1n) is 7.86. The van der Waals surface area contributed by atoms with Gasteiger partial charge in [0.05, 0.1) is 0 Å². The van der Waals surface area contributed by atoms with Gasteiger partial charge in [0.2, 0.25) is 0 Å². The molecule has 1 aliphatic rings. The zero-order valence-corrected chi connectivity index (χ0v) is 13.0. The van der Waals surface area contributed by atoms with Crippen molar-refractivity contribution in [3.8, 4) is 0 Å².